The molecular formula is C24H43IN6O. The zero-order valence-electron chi connectivity index (χ0n) is 20.3. The molecule has 0 aliphatic carbocycles. The highest BCUT2D eigenvalue weighted by molar-refractivity contribution is 14.0. The lowest BCUT2D eigenvalue weighted by Crippen LogP contribution is -2.55. The molecule has 0 radical (unpaired) electrons. The average molecular weight is 559 g/mol. The molecule has 2 aliphatic rings. The van der Waals surface area contributed by atoms with Crippen molar-refractivity contribution in [1.29, 1.82) is 0 Å². The molecule has 0 spiro atoms. The smallest absolute Gasteiger partial charge is 0.191 e. The lowest BCUT2D eigenvalue weighted by atomic mass is 10.0. The van der Waals surface area contributed by atoms with E-state index in [0.717, 1.165) is 71.5 Å². The number of nitrogens with zero attached hydrogens (tertiary/aromatic N) is 4. The Hall–Kier alpha value is -1.10. The molecule has 1 aromatic rings. The Kier molecular flexibility index (Phi) is 12.1. The molecule has 2 atom stereocenters. The third-order valence-electron chi connectivity index (χ3n) is 6.61. The fourth-order valence-electron chi connectivity index (χ4n) is 4.55. The predicted octanol–water partition coefficient (Wildman–Crippen LogP) is 2.34. The average Bonchev–Trinajstić information content (AvgIpc) is 2.82. The van der Waals surface area contributed by atoms with E-state index in [1.165, 1.54) is 5.69 Å². The van der Waals surface area contributed by atoms with Gasteiger partial charge in [0.25, 0.3) is 0 Å². The van der Waals surface area contributed by atoms with Crippen LogP contribution in [0.25, 0.3) is 0 Å². The van der Waals surface area contributed by atoms with Gasteiger partial charge in [-0.3, -0.25) is 14.8 Å². The first kappa shape index (κ1) is 27.1. The van der Waals surface area contributed by atoms with Crippen LogP contribution in [0.4, 0.5) is 5.69 Å². The van der Waals surface area contributed by atoms with Crippen molar-refractivity contribution in [2.75, 3.05) is 77.5 Å². The van der Waals surface area contributed by atoms with Gasteiger partial charge in [0.15, 0.2) is 5.96 Å². The number of aliphatic imine (C=N–C) groups is 1. The number of morpholine rings is 1. The van der Waals surface area contributed by atoms with Crippen LogP contribution in [0.2, 0.25) is 0 Å². The van der Waals surface area contributed by atoms with Crippen LogP contribution < -0.4 is 15.5 Å². The van der Waals surface area contributed by atoms with Crippen LogP contribution in [0, 0.1) is 5.92 Å². The van der Waals surface area contributed by atoms with Gasteiger partial charge in [0, 0.05) is 77.2 Å². The van der Waals surface area contributed by atoms with E-state index in [1.807, 2.05) is 7.05 Å². The Bertz CT molecular complexity index is 660. The van der Waals surface area contributed by atoms with E-state index in [9.17, 15) is 0 Å². The minimum Gasteiger partial charge on any atom is -0.379 e. The molecule has 0 saturated carbocycles. The zero-order chi connectivity index (χ0) is 22.1. The molecule has 32 heavy (non-hydrogen) atoms. The van der Waals surface area contributed by atoms with E-state index in [0.29, 0.717) is 18.0 Å². The summed E-state index contributed by atoms with van der Waals surface area (Å²) in [6.07, 6.45) is 0. The number of ether oxygens (including phenoxy) is 1. The summed E-state index contributed by atoms with van der Waals surface area (Å²) in [6, 6.07) is 11.7. The van der Waals surface area contributed by atoms with Crippen LogP contribution >= 0.6 is 24.0 Å². The highest BCUT2D eigenvalue weighted by Crippen LogP contribution is 2.16. The number of hydrogen-bond donors (Lipinski definition) is 2. The summed E-state index contributed by atoms with van der Waals surface area (Å²) in [4.78, 5) is 12.1. The van der Waals surface area contributed by atoms with Crippen LogP contribution in [-0.4, -0.2) is 100 Å². The molecule has 2 aliphatic heterocycles. The zero-order valence-corrected chi connectivity index (χ0v) is 22.6. The normalized spacial score (nSPS) is 20.5. The first-order valence-corrected chi connectivity index (χ1v) is 11.9. The molecule has 2 heterocycles. The number of hydrogen-bond acceptors (Lipinski definition) is 5. The molecule has 8 heteroatoms. The minimum absolute atomic E-state index is 0. The summed E-state index contributed by atoms with van der Waals surface area (Å²) in [7, 11) is 1.86. The van der Waals surface area contributed by atoms with Crippen molar-refractivity contribution in [3.63, 3.8) is 0 Å². The molecule has 2 unspecified atom stereocenters. The topological polar surface area (TPSA) is 55.4 Å². The maximum Gasteiger partial charge on any atom is 0.191 e. The second kappa shape index (κ2) is 14.2. The van der Waals surface area contributed by atoms with Gasteiger partial charge in [-0.25, -0.2) is 0 Å². The minimum atomic E-state index is 0. The fraction of sp³-hybridized carbons (Fsp3) is 0.708. The van der Waals surface area contributed by atoms with Crippen LogP contribution in [-0.2, 0) is 4.74 Å². The maximum absolute atomic E-state index is 5.52. The molecule has 2 N–H and O–H groups in total. The molecule has 3 rings (SSSR count). The van der Waals surface area contributed by atoms with Gasteiger partial charge in [-0.2, -0.15) is 0 Å². The summed E-state index contributed by atoms with van der Waals surface area (Å²) < 4.78 is 5.52. The number of benzene rings is 1. The summed E-state index contributed by atoms with van der Waals surface area (Å²) in [5.74, 6) is 1.48. The van der Waals surface area contributed by atoms with E-state index in [1.54, 1.807) is 0 Å². The van der Waals surface area contributed by atoms with Gasteiger partial charge in [-0.1, -0.05) is 32.0 Å². The van der Waals surface area contributed by atoms with E-state index in [2.05, 4.69) is 81.4 Å². The lowest BCUT2D eigenvalue weighted by Gasteiger charge is -2.39. The van der Waals surface area contributed by atoms with Crippen molar-refractivity contribution in [2.45, 2.75) is 32.9 Å². The highest BCUT2D eigenvalue weighted by atomic mass is 127. The number of anilines is 1. The van der Waals surface area contributed by atoms with Crippen LogP contribution in [0.15, 0.2) is 35.3 Å². The van der Waals surface area contributed by atoms with E-state index in [-0.39, 0.29) is 24.0 Å². The number of guanidine groups is 1. The Morgan fingerprint density at radius 2 is 1.53 bits per heavy atom. The highest BCUT2D eigenvalue weighted by Gasteiger charge is 2.24. The van der Waals surface area contributed by atoms with Crippen molar-refractivity contribution in [2.24, 2.45) is 10.9 Å². The first-order chi connectivity index (χ1) is 15.1. The Labute approximate surface area is 212 Å². The van der Waals surface area contributed by atoms with Gasteiger partial charge < -0.3 is 20.3 Å². The Balaban J connectivity index is 0.00000363. The second-order valence-corrected chi connectivity index (χ2v) is 9.00. The van der Waals surface area contributed by atoms with Crippen LogP contribution in [0.5, 0.6) is 0 Å². The molecular weight excluding hydrogens is 515 g/mol. The number of halogens is 1. The predicted molar refractivity (Wildman–Crippen MR) is 145 cm³/mol. The molecule has 0 bridgehead atoms. The Morgan fingerprint density at radius 3 is 2.12 bits per heavy atom. The van der Waals surface area contributed by atoms with Gasteiger partial charge >= 0.3 is 0 Å². The molecule has 182 valence electrons. The van der Waals surface area contributed by atoms with Gasteiger partial charge in [0.05, 0.1) is 13.2 Å². The van der Waals surface area contributed by atoms with Crippen molar-refractivity contribution in [3.8, 4) is 0 Å². The van der Waals surface area contributed by atoms with Crippen molar-refractivity contribution < 1.29 is 4.74 Å². The third-order valence-corrected chi connectivity index (χ3v) is 6.61. The summed E-state index contributed by atoms with van der Waals surface area (Å²) in [6.45, 7) is 16.8. The molecule has 2 fully saturated rings. The summed E-state index contributed by atoms with van der Waals surface area (Å²) in [5, 5.41) is 7.11. The van der Waals surface area contributed by atoms with Crippen molar-refractivity contribution >= 4 is 35.6 Å². The largest absolute Gasteiger partial charge is 0.379 e. The summed E-state index contributed by atoms with van der Waals surface area (Å²) in [5.41, 5.74) is 1.33. The van der Waals surface area contributed by atoms with Crippen LogP contribution in [0.1, 0.15) is 20.8 Å². The molecule has 7 nitrogen and oxygen atoms in total. The van der Waals surface area contributed by atoms with Gasteiger partial charge in [0.1, 0.15) is 0 Å². The number of para-hydroxylation sites is 1. The van der Waals surface area contributed by atoms with Crippen molar-refractivity contribution in [1.82, 2.24) is 20.4 Å². The van der Waals surface area contributed by atoms with E-state index < -0.39 is 0 Å². The monoisotopic (exact) mass is 558 g/mol. The van der Waals surface area contributed by atoms with Gasteiger partial charge in [0.2, 0.25) is 0 Å². The first-order valence-electron chi connectivity index (χ1n) is 11.9. The molecule has 0 aromatic heterocycles. The SMILES string of the molecule is CN=C(NCC(C)N1CCN(c2ccccc2)CC1)NCC(C(C)C)N1CCOCC1.I. The number of nitrogens with one attached hydrogen (secondary N) is 2. The molecule has 2 saturated heterocycles. The third kappa shape index (κ3) is 8.04. The maximum atomic E-state index is 5.52. The van der Waals surface area contributed by atoms with E-state index >= 15 is 0 Å². The summed E-state index contributed by atoms with van der Waals surface area (Å²) >= 11 is 0. The van der Waals surface area contributed by atoms with Crippen molar-refractivity contribution in [3.05, 3.63) is 30.3 Å². The second-order valence-electron chi connectivity index (χ2n) is 9.00. The lowest BCUT2D eigenvalue weighted by molar-refractivity contribution is 0.00751. The fourth-order valence-corrected chi connectivity index (χ4v) is 4.55. The Morgan fingerprint density at radius 1 is 0.906 bits per heavy atom. The van der Waals surface area contributed by atoms with E-state index in [4.69, 9.17) is 4.74 Å². The number of piperazine rings is 1. The standard InChI is InChI=1S/C24H42N6O.HI/c1-20(2)23(30-14-16-31-17-15-30)19-27-24(25-4)26-18-21(3)28-10-12-29(13-11-28)22-8-6-5-7-9-22;/h5-9,20-21,23H,10-19H2,1-4H3,(H2,25,26,27);1H. The number of rotatable bonds is 8. The molecule has 0 amide bonds. The van der Waals surface area contributed by atoms with Crippen LogP contribution in [0.3, 0.4) is 0 Å². The quantitative estimate of drug-likeness (QED) is 0.291. The van der Waals surface area contributed by atoms with Gasteiger partial charge in [-0.15, -0.1) is 24.0 Å². The van der Waals surface area contributed by atoms with Gasteiger partial charge in [-0.05, 0) is 25.0 Å². The molecule has 1 aromatic carbocycles.